The summed E-state index contributed by atoms with van der Waals surface area (Å²) in [5.74, 6) is 9.43. The molecular formula is C55H56GeIrN4O-2. The molecule has 0 unspecified atom stereocenters. The van der Waals surface area contributed by atoms with Crippen LogP contribution in [-0.2, 0) is 26.5 Å². The third kappa shape index (κ3) is 9.39. The summed E-state index contributed by atoms with van der Waals surface area (Å²) in [7, 11) is 0. The van der Waals surface area contributed by atoms with Crippen LogP contribution < -0.4 is 4.40 Å². The van der Waals surface area contributed by atoms with E-state index in [1.807, 2.05) is 36.4 Å². The number of hydrogen-bond donors (Lipinski definition) is 0. The Bertz CT molecular complexity index is 2870. The molecule has 0 N–H and O–H groups in total. The Morgan fingerprint density at radius 3 is 2.03 bits per heavy atom. The first kappa shape index (κ1) is 44.8. The molecule has 0 bridgehead atoms. The number of fused-ring (bicyclic) bond motifs is 2. The SMILES string of the molecule is CC(C)Cc1cc(-c2[c-]cccc2)nc[c]1[Ge]([CH3])([CH3])[CH3].CC(C)c1cc(-c2ccccc2)cc(C(C)C)c1-n1c(-c2[c-]oc3ccc(-n4cccc4)cc23)nc2ccccc21.[Ir]. The van der Waals surface area contributed by atoms with Gasteiger partial charge in [0.25, 0.3) is 0 Å². The molecule has 0 aliphatic carbocycles. The van der Waals surface area contributed by atoms with Gasteiger partial charge in [-0.1, -0.05) is 93.2 Å². The van der Waals surface area contributed by atoms with Crippen molar-refractivity contribution >= 4 is 39.7 Å². The Kier molecular flexibility index (Phi) is 13.7. The average molecular weight is 1050 g/mol. The average Bonchev–Trinajstić information content (AvgIpc) is 4.03. The quantitative estimate of drug-likeness (QED) is 0.101. The van der Waals surface area contributed by atoms with Crippen LogP contribution in [-0.4, -0.2) is 32.4 Å². The Hall–Kier alpha value is -5.27. The van der Waals surface area contributed by atoms with Gasteiger partial charge in [-0.25, -0.2) is 0 Å². The molecule has 0 atom stereocenters. The monoisotopic (exact) mass is 1060 g/mol. The van der Waals surface area contributed by atoms with Crippen molar-refractivity contribution in [1.82, 2.24) is 19.1 Å². The van der Waals surface area contributed by atoms with Gasteiger partial charge in [0, 0.05) is 55.7 Å². The first-order valence-corrected chi connectivity index (χ1v) is 29.0. The van der Waals surface area contributed by atoms with Crippen molar-refractivity contribution in [1.29, 1.82) is 0 Å². The second kappa shape index (κ2) is 19.0. The van der Waals surface area contributed by atoms with Gasteiger partial charge in [-0.3, -0.25) is 4.98 Å². The van der Waals surface area contributed by atoms with Gasteiger partial charge in [-0.15, -0.1) is 0 Å². The van der Waals surface area contributed by atoms with E-state index >= 15 is 0 Å². The van der Waals surface area contributed by atoms with Crippen LogP contribution in [0.25, 0.3) is 67.1 Å². The smallest absolute Gasteiger partial charge is 0.0774 e. The molecule has 7 heteroatoms. The fourth-order valence-corrected chi connectivity index (χ4v) is 11.6. The van der Waals surface area contributed by atoms with E-state index < -0.39 is 13.3 Å². The van der Waals surface area contributed by atoms with E-state index in [9.17, 15) is 0 Å². The standard InChI is InChI=1S/C37H32N3O.C18H24GeN.Ir/c1-24(2)29-20-27(26-12-6-5-7-13-26)21-30(25(3)4)36(29)40-34-15-9-8-14-33(34)38-37(40)32-23-41-35-17-16-28(22-31(32)35)39-18-10-11-19-39;1-14(2)11-16-12-18(15-9-7-6-8-10-15)20-13-17(16)19(3,4)5;/h5-22,24-25H,1-4H3;6-9,12-14H,11H2,1-5H3;/q2*-1;. The van der Waals surface area contributed by atoms with Gasteiger partial charge in [0.05, 0.1) is 16.9 Å². The number of pyridine rings is 1. The number of furan rings is 1. The summed E-state index contributed by atoms with van der Waals surface area (Å²) in [5, 5.41) is 0.992. The van der Waals surface area contributed by atoms with E-state index in [1.165, 1.54) is 33.5 Å². The number of para-hydroxylation sites is 2. The molecule has 0 aliphatic heterocycles. The van der Waals surface area contributed by atoms with Gasteiger partial charge in [0.15, 0.2) is 0 Å². The second-order valence-corrected chi connectivity index (χ2v) is 28.7. The van der Waals surface area contributed by atoms with E-state index in [-0.39, 0.29) is 20.1 Å². The normalized spacial score (nSPS) is 11.7. The predicted molar refractivity (Wildman–Crippen MR) is 258 cm³/mol. The van der Waals surface area contributed by atoms with E-state index in [1.54, 1.807) is 4.40 Å². The summed E-state index contributed by atoms with van der Waals surface area (Å²) in [5.41, 5.74) is 14.6. The van der Waals surface area contributed by atoms with Gasteiger partial charge in [0.1, 0.15) is 0 Å². The topological polar surface area (TPSA) is 48.8 Å². The molecule has 0 fully saturated rings. The molecule has 5 nitrogen and oxygen atoms in total. The zero-order valence-corrected chi connectivity index (χ0v) is 41.8. The molecule has 4 aromatic heterocycles. The summed E-state index contributed by atoms with van der Waals surface area (Å²) in [6, 6.07) is 47.8. The van der Waals surface area contributed by atoms with Crippen molar-refractivity contribution in [3.63, 3.8) is 0 Å². The maximum absolute atomic E-state index is 6.01. The van der Waals surface area contributed by atoms with E-state index in [2.05, 4.69) is 190 Å². The first-order valence-electron chi connectivity index (χ1n) is 21.6. The molecule has 5 aromatic carbocycles. The minimum atomic E-state index is -1.86. The molecule has 62 heavy (non-hydrogen) atoms. The van der Waals surface area contributed by atoms with Gasteiger partial charge < -0.3 is 13.6 Å². The molecular weight excluding hydrogens is 997 g/mol. The molecule has 0 spiro atoms. The van der Waals surface area contributed by atoms with Gasteiger partial charge in [0.2, 0.25) is 0 Å². The molecule has 0 saturated carbocycles. The molecule has 4 heterocycles. The number of imidazole rings is 1. The van der Waals surface area contributed by atoms with Crippen LogP contribution in [0.3, 0.4) is 0 Å². The van der Waals surface area contributed by atoms with Crippen LogP contribution >= 0.6 is 0 Å². The van der Waals surface area contributed by atoms with Gasteiger partial charge in [-0.2, -0.15) is 0 Å². The zero-order valence-electron chi connectivity index (χ0n) is 37.3. The summed E-state index contributed by atoms with van der Waals surface area (Å²) in [6.45, 7) is 13.7. The van der Waals surface area contributed by atoms with E-state index in [0.29, 0.717) is 17.8 Å². The Balaban J connectivity index is 0.000000233. The first-order chi connectivity index (χ1) is 29.4. The summed E-state index contributed by atoms with van der Waals surface area (Å²) >= 11 is -1.86. The maximum atomic E-state index is 6.01. The van der Waals surface area contributed by atoms with Crippen molar-refractivity contribution in [3.8, 4) is 45.1 Å². The van der Waals surface area contributed by atoms with E-state index in [4.69, 9.17) is 14.4 Å². The number of aromatic nitrogens is 4. The summed E-state index contributed by atoms with van der Waals surface area (Å²) in [6.07, 6.45) is 10.6. The van der Waals surface area contributed by atoms with Crippen LogP contribution in [0, 0.1) is 18.2 Å². The maximum Gasteiger partial charge on any atom is 0.0774 e. The second-order valence-electron chi connectivity index (χ2n) is 18.1. The van der Waals surface area contributed by atoms with Crippen LogP contribution in [0.4, 0.5) is 0 Å². The van der Waals surface area contributed by atoms with Crippen molar-refractivity contribution in [2.75, 3.05) is 0 Å². The van der Waals surface area contributed by atoms with Crippen molar-refractivity contribution < 1.29 is 24.5 Å². The number of rotatable bonds is 10. The molecule has 0 aliphatic rings. The Morgan fingerprint density at radius 2 is 1.39 bits per heavy atom. The van der Waals surface area contributed by atoms with Gasteiger partial charge in [-0.05, 0) is 76.6 Å². The molecule has 1 radical (unpaired) electrons. The zero-order chi connectivity index (χ0) is 42.8. The van der Waals surface area contributed by atoms with Crippen molar-refractivity contribution in [2.45, 2.75) is 77.1 Å². The van der Waals surface area contributed by atoms with Gasteiger partial charge >= 0.3 is 126 Å². The van der Waals surface area contributed by atoms with E-state index in [0.717, 1.165) is 56.8 Å². The minimum Gasteiger partial charge on any atom is -0.557 e. The third-order valence-corrected chi connectivity index (χ3v) is 15.7. The third-order valence-electron chi connectivity index (χ3n) is 11.3. The molecule has 9 rings (SSSR count). The van der Waals surface area contributed by atoms with Crippen LogP contribution in [0.2, 0.25) is 17.3 Å². The molecule has 317 valence electrons. The number of benzene rings is 5. The van der Waals surface area contributed by atoms with Crippen LogP contribution in [0.1, 0.15) is 70.1 Å². The molecule has 9 aromatic rings. The number of hydrogen-bond acceptors (Lipinski definition) is 3. The predicted octanol–water partition coefficient (Wildman–Crippen LogP) is 14.2. The summed E-state index contributed by atoms with van der Waals surface area (Å²) < 4.78 is 12.0. The van der Waals surface area contributed by atoms with Crippen molar-refractivity contribution in [3.05, 3.63) is 175 Å². The summed E-state index contributed by atoms with van der Waals surface area (Å²) in [4.78, 5) is 9.92. The minimum absolute atomic E-state index is 0. The fraction of sp³-hybridized carbons (Fsp3) is 0.236. The van der Waals surface area contributed by atoms with Crippen LogP contribution in [0.5, 0.6) is 0 Å². The van der Waals surface area contributed by atoms with Crippen molar-refractivity contribution in [2.24, 2.45) is 5.92 Å². The molecule has 0 saturated heterocycles. The number of nitrogens with zero attached hydrogens (tertiary/aromatic N) is 4. The Morgan fingerprint density at radius 1 is 0.710 bits per heavy atom. The van der Waals surface area contributed by atoms with Crippen LogP contribution in [0.15, 0.2) is 150 Å². The fourth-order valence-electron chi connectivity index (χ4n) is 8.31. The molecule has 0 amide bonds. The largest absolute Gasteiger partial charge is 0.557 e. The Labute approximate surface area is 384 Å².